The quantitative estimate of drug-likeness (QED) is 0.742. The number of benzene rings is 1. The van der Waals surface area contributed by atoms with Gasteiger partial charge in [-0.1, -0.05) is 6.07 Å². The van der Waals surface area contributed by atoms with Crippen molar-refractivity contribution in [1.82, 2.24) is 4.90 Å². The molecule has 1 atom stereocenters. The van der Waals surface area contributed by atoms with Crippen molar-refractivity contribution < 1.29 is 9.90 Å². The van der Waals surface area contributed by atoms with Gasteiger partial charge in [-0.15, -0.1) is 0 Å². The highest BCUT2D eigenvalue weighted by Crippen LogP contribution is 2.30. The van der Waals surface area contributed by atoms with Gasteiger partial charge < -0.3 is 20.6 Å². The molecule has 1 aromatic carbocycles. The third kappa shape index (κ3) is 2.26. The van der Waals surface area contributed by atoms with Crippen LogP contribution in [0, 0.1) is 5.92 Å². The molecule has 0 aliphatic carbocycles. The molecule has 2 aliphatic heterocycles. The standard InChI is InChI=1S/C14H19N3O2/c18-9-10-4-7-17(8-10)14(19)11-2-1-3-12-13(11)16-6-5-15-12/h1-3,10,15-16,18H,4-9H2. The zero-order valence-electron chi connectivity index (χ0n) is 10.9. The summed E-state index contributed by atoms with van der Waals surface area (Å²) in [4.78, 5) is 14.4. The normalized spacial score (nSPS) is 21.5. The molecule has 0 radical (unpaired) electrons. The Hall–Kier alpha value is -1.75. The number of nitrogens with zero attached hydrogens (tertiary/aromatic N) is 1. The topological polar surface area (TPSA) is 64.6 Å². The van der Waals surface area contributed by atoms with Crippen LogP contribution in [0.5, 0.6) is 0 Å². The summed E-state index contributed by atoms with van der Waals surface area (Å²) in [5.41, 5.74) is 2.63. The number of nitrogens with one attached hydrogen (secondary N) is 2. The van der Waals surface area contributed by atoms with E-state index in [2.05, 4.69) is 10.6 Å². The van der Waals surface area contributed by atoms with E-state index in [1.165, 1.54) is 0 Å². The molecule has 5 nitrogen and oxygen atoms in total. The molecule has 1 saturated heterocycles. The first-order chi connectivity index (χ1) is 9.29. The predicted molar refractivity (Wildman–Crippen MR) is 74.5 cm³/mol. The number of aliphatic hydroxyl groups excluding tert-OH is 1. The number of para-hydroxylation sites is 1. The van der Waals surface area contributed by atoms with Crippen molar-refractivity contribution >= 4 is 17.3 Å². The monoisotopic (exact) mass is 261 g/mol. The Morgan fingerprint density at radius 1 is 1.37 bits per heavy atom. The summed E-state index contributed by atoms with van der Waals surface area (Å²) in [6, 6.07) is 5.76. The molecule has 3 N–H and O–H groups in total. The van der Waals surface area contributed by atoms with E-state index < -0.39 is 0 Å². The van der Waals surface area contributed by atoms with Gasteiger partial charge in [-0.3, -0.25) is 4.79 Å². The Kier molecular flexibility index (Phi) is 3.29. The summed E-state index contributed by atoms with van der Waals surface area (Å²) in [5, 5.41) is 15.8. The fraction of sp³-hybridized carbons (Fsp3) is 0.500. The maximum atomic E-state index is 12.6. The van der Waals surface area contributed by atoms with Crippen LogP contribution in [0.1, 0.15) is 16.8 Å². The molecule has 19 heavy (non-hydrogen) atoms. The Labute approximate surface area is 112 Å². The van der Waals surface area contributed by atoms with Crippen molar-refractivity contribution in [2.24, 2.45) is 5.92 Å². The number of hydrogen-bond donors (Lipinski definition) is 3. The lowest BCUT2D eigenvalue weighted by molar-refractivity contribution is 0.0783. The molecule has 2 heterocycles. The second-order valence-electron chi connectivity index (χ2n) is 5.17. The summed E-state index contributed by atoms with van der Waals surface area (Å²) in [5.74, 6) is 0.290. The second-order valence-corrected chi connectivity index (χ2v) is 5.17. The molecule has 1 aromatic rings. The van der Waals surface area contributed by atoms with Crippen molar-refractivity contribution in [2.75, 3.05) is 43.4 Å². The fourth-order valence-corrected chi connectivity index (χ4v) is 2.79. The van der Waals surface area contributed by atoms with Crippen LogP contribution in [0.15, 0.2) is 18.2 Å². The van der Waals surface area contributed by atoms with Crippen molar-refractivity contribution in [3.8, 4) is 0 Å². The molecule has 5 heteroatoms. The van der Waals surface area contributed by atoms with Crippen molar-refractivity contribution in [1.29, 1.82) is 0 Å². The Morgan fingerprint density at radius 3 is 3.00 bits per heavy atom. The summed E-state index contributed by atoms with van der Waals surface area (Å²) >= 11 is 0. The number of hydrogen-bond acceptors (Lipinski definition) is 4. The zero-order chi connectivity index (χ0) is 13.2. The number of carbonyl (C=O) groups excluding carboxylic acids is 1. The van der Waals surface area contributed by atoms with E-state index in [0.29, 0.717) is 6.54 Å². The summed E-state index contributed by atoms with van der Waals surface area (Å²) in [6.07, 6.45) is 0.892. The van der Waals surface area contributed by atoms with Crippen LogP contribution < -0.4 is 10.6 Å². The molecule has 1 amide bonds. The molecular formula is C14H19N3O2. The smallest absolute Gasteiger partial charge is 0.256 e. The average molecular weight is 261 g/mol. The third-order valence-electron chi connectivity index (χ3n) is 3.87. The van der Waals surface area contributed by atoms with E-state index in [0.717, 1.165) is 43.0 Å². The summed E-state index contributed by atoms with van der Waals surface area (Å²) in [6.45, 7) is 3.27. The first kappa shape index (κ1) is 12.3. The number of aliphatic hydroxyl groups is 1. The number of amides is 1. The lowest BCUT2D eigenvalue weighted by Crippen LogP contribution is -2.31. The Bertz CT molecular complexity index is 490. The molecule has 0 aromatic heterocycles. The van der Waals surface area contributed by atoms with Gasteiger partial charge in [0.1, 0.15) is 0 Å². The first-order valence-corrected chi connectivity index (χ1v) is 6.80. The number of carbonyl (C=O) groups is 1. The predicted octanol–water partition coefficient (Wildman–Crippen LogP) is 0.978. The first-order valence-electron chi connectivity index (χ1n) is 6.80. The molecule has 102 valence electrons. The van der Waals surface area contributed by atoms with Crippen LogP contribution in [0.4, 0.5) is 11.4 Å². The van der Waals surface area contributed by atoms with Crippen LogP contribution in [0.3, 0.4) is 0 Å². The van der Waals surface area contributed by atoms with Gasteiger partial charge >= 0.3 is 0 Å². The lowest BCUT2D eigenvalue weighted by Gasteiger charge is -2.24. The minimum Gasteiger partial charge on any atom is -0.396 e. The van der Waals surface area contributed by atoms with Crippen molar-refractivity contribution in [3.63, 3.8) is 0 Å². The number of rotatable bonds is 2. The van der Waals surface area contributed by atoms with Gasteiger partial charge in [0.15, 0.2) is 0 Å². The van der Waals surface area contributed by atoms with Gasteiger partial charge in [-0.2, -0.15) is 0 Å². The largest absolute Gasteiger partial charge is 0.396 e. The molecule has 0 saturated carbocycles. The highest BCUT2D eigenvalue weighted by molar-refractivity contribution is 6.02. The summed E-state index contributed by atoms with van der Waals surface area (Å²) in [7, 11) is 0. The van der Waals surface area contributed by atoms with E-state index in [9.17, 15) is 4.79 Å². The number of likely N-dealkylation sites (tertiary alicyclic amines) is 1. The minimum absolute atomic E-state index is 0.0593. The second kappa shape index (κ2) is 5.09. The van der Waals surface area contributed by atoms with Gasteiger partial charge in [0.05, 0.1) is 16.9 Å². The SMILES string of the molecule is O=C(c1cccc2c1NCCN2)N1CCC(CO)C1. The maximum Gasteiger partial charge on any atom is 0.256 e. The van der Waals surface area contributed by atoms with Crippen LogP contribution >= 0.6 is 0 Å². The van der Waals surface area contributed by atoms with Gasteiger partial charge in [0.25, 0.3) is 5.91 Å². The highest BCUT2D eigenvalue weighted by Gasteiger charge is 2.28. The van der Waals surface area contributed by atoms with E-state index in [-0.39, 0.29) is 18.4 Å². The van der Waals surface area contributed by atoms with E-state index >= 15 is 0 Å². The van der Waals surface area contributed by atoms with Crippen molar-refractivity contribution in [3.05, 3.63) is 23.8 Å². The molecule has 1 fully saturated rings. The maximum absolute atomic E-state index is 12.6. The zero-order valence-corrected chi connectivity index (χ0v) is 10.9. The van der Waals surface area contributed by atoms with E-state index in [4.69, 9.17) is 5.11 Å². The average Bonchev–Trinajstić information content (AvgIpc) is 2.95. The van der Waals surface area contributed by atoms with Gasteiger partial charge in [-0.05, 0) is 18.6 Å². The van der Waals surface area contributed by atoms with Crippen LogP contribution in [-0.2, 0) is 0 Å². The molecule has 3 rings (SSSR count). The van der Waals surface area contributed by atoms with Gasteiger partial charge in [0, 0.05) is 38.7 Å². The van der Waals surface area contributed by atoms with Crippen molar-refractivity contribution in [2.45, 2.75) is 6.42 Å². The molecule has 2 aliphatic rings. The fourth-order valence-electron chi connectivity index (χ4n) is 2.79. The van der Waals surface area contributed by atoms with Crippen LogP contribution in [0.25, 0.3) is 0 Å². The van der Waals surface area contributed by atoms with Gasteiger partial charge in [-0.25, -0.2) is 0 Å². The Morgan fingerprint density at radius 2 is 2.21 bits per heavy atom. The van der Waals surface area contributed by atoms with Crippen LogP contribution in [0.2, 0.25) is 0 Å². The Balaban J connectivity index is 1.84. The van der Waals surface area contributed by atoms with E-state index in [1.54, 1.807) is 0 Å². The molecule has 0 bridgehead atoms. The van der Waals surface area contributed by atoms with Crippen LogP contribution in [-0.4, -0.2) is 48.7 Å². The third-order valence-corrected chi connectivity index (χ3v) is 3.87. The van der Waals surface area contributed by atoms with Gasteiger partial charge in [0.2, 0.25) is 0 Å². The number of fused-ring (bicyclic) bond motifs is 1. The minimum atomic E-state index is 0.0593. The van der Waals surface area contributed by atoms with E-state index in [1.807, 2.05) is 23.1 Å². The lowest BCUT2D eigenvalue weighted by atomic mass is 10.1. The highest BCUT2D eigenvalue weighted by atomic mass is 16.3. The molecule has 1 unspecified atom stereocenters. The number of anilines is 2. The summed E-state index contributed by atoms with van der Waals surface area (Å²) < 4.78 is 0. The molecular weight excluding hydrogens is 242 g/mol. The molecule has 0 spiro atoms.